The first-order valence-corrected chi connectivity index (χ1v) is 5.45. The van der Waals surface area contributed by atoms with Crippen LogP contribution in [0.1, 0.15) is 11.5 Å². The molecule has 0 aliphatic carbocycles. The smallest absolute Gasteiger partial charge is 0.146 e. The van der Waals surface area contributed by atoms with Crippen LogP contribution in [0, 0.1) is 6.92 Å². The number of hydrogen-bond donors (Lipinski definition) is 0. The fourth-order valence-electron chi connectivity index (χ4n) is 1.62. The molecule has 1 heterocycles. The van der Waals surface area contributed by atoms with E-state index in [1.165, 1.54) is 0 Å². The Bertz CT molecular complexity index is 489. The lowest BCUT2D eigenvalue weighted by molar-refractivity contribution is 0.291. The van der Waals surface area contributed by atoms with Crippen molar-refractivity contribution in [2.24, 2.45) is 7.05 Å². The molecule has 0 aliphatic rings. The van der Waals surface area contributed by atoms with Gasteiger partial charge in [-0.15, -0.1) is 0 Å². The van der Waals surface area contributed by atoms with Crippen molar-refractivity contribution in [3.8, 4) is 11.5 Å². The molecule has 1 aromatic carbocycles. The van der Waals surface area contributed by atoms with Crippen molar-refractivity contribution in [2.45, 2.75) is 13.5 Å². The van der Waals surface area contributed by atoms with Gasteiger partial charge < -0.3 is 14.0 Å². The van der Waals surface area contributed by atoms with E-state index in [-0.39, 0.29) is 0 Å². The van der Waals surface area contributed by atoms with Gasteiger partial charge in [0.05, 0.1) is 12.8 Å². The summed E-state index contributed by atoms with van der Waals surface area (Å²) in [6, 6.07) is 7.52. The van der Waals surface area contributed by atoms with Crippen LogP contribution in [-0.4, -0.2) is 16.7 Å². The summed E-state index contributed by atoms with van der Waals surface area (Å²) in [5.41, 5.74) is 1.00. The fraction of sp³-hybridized carbons (Fsp3) is 0.308. The highest BCUT2D eigenvalue weighted by molar-refractivity contribution is 5.31. The normalized spacial score (nSPS) is 10.3. The van der Waals surface area contributed by atoms with Crippen LogP contribution in [0.3, 0.4) is 0 Å². The van der Waals surface area contributed by atoms with Crippen LogP contribution in [-0.2, 0) is 13.7 Å². The first-order chi connectivity index (χ1) is 8.19. The summed E-state index contributed by atoms with van der Waals surface area (Å²) in [7, 11) is 3.61. The molecule has 4 heteroatoms. The van der Waals surface area contributed by atoms with Crippen LogP contribution in [0.25, 0.3) is 0 Å². The number of nitrogens with zero attached hydrogens (tertiary/aromatic N) is 2. The van der Waals surface area contributed by atoms with Gasteiger partial charge in [0.25, 0.3) is 0 Å². The Hall–Kier alpha value is -1.97. The summed E-state index contributed by atoms with van der Waals surface area (Å²) < 4.78 is 12.7. The zero-order valence-corrected chi connectivity index (χ0v) is 10.3. The standard InChI is InChI=1S/C13H16N2O2/c1-10-8-15(2)13(14-10)9-17-12-6-4-11(16-3)5-7-12/h4-8H,9H2,1-3H3. The van der Waals surface area contributed by atoms with E-state index in [9.17, 15) is 0 Å². The van der Waals surface area contributed by atoms with E-state index < -0.39 is 0 Å². The maximum atomic E-state index is 5.65. The fourth-order valence-corrected chi connectivity index (χ4v) is 1.62. The van der Waals surface area contributed by atoms with Crippen LogP contribution in [0.5, 0.6) is 11.5 Å². The molecule has 0 saturated carbocycles. The van der Waals surface area contributed by atoms with Crippen molar-refractivity contribution in [1.82, 2.24) is 9.55 Å². The van der Waals surface area contributed by atoms with Crippen LogP contribution < -0.4 is 9.47 Å². The van der Waals surface area contributed by atoms with Crippen molar-refractivity contribution >= 4 is 0 Å². The third-order valence-electron chi connectivity index (χ3n) is 2.52. The van der Waals surface area contributed by atoms with Crippen LogP contribution in [0.15, 0.2) is 30.5 Å². The number of aromatic nitrogens is 2. The van der Waals surface area contributed by atoms with Crippen molar-refractivity contribution in [1.29, 1.82) is 0 Å². The molecular formula is C13H16N2O2. The minimum Gasteiger partial charge on any atom is -0.497 e. The first-order valence-electron chi connectivity index (χ1n) is 5.45. The van der Waals surface area contributed by atoms with Gasteiger partial charge in [-0.3, -0.25) is 0 Å². The summed E-state index contributed by atoms with van der Waals surface area (Å²) in [5.74, 6) is 2.55. The molecule has 17 heavy (non-hydrogen) atoms. The van der Waals surface area contributed by atoms with Gasteiger partial charge in [-0.25, -0.2) is 4.98 Å². The quantitative estimate of drug-likeness (QED) is 0.811. The third-order valence-corrected chi connectivity index (χ3v) is 2.52. The molecule has 0 bridgehead atoms. The van der Waals surface area contributed by atoms with Crippen molar-refractivity contribution in [3.05, 3.63) is 42.0 Å². The van der Waals surface area contributed by atoms with E-state index in [0.29, 0.717) is 6.61 Å². The summed E-state index contributed by atoms with van der Waals surface area (Å²) in [4.78, 5) is 4.37. The molecule has 0 unspecified atom stereocenters. The predicted octanol–water partition coefficient (Wildman–Crippen LogP) is 2.32. The Morgan fingerprint density at radius 2 is 1.82 bits per heavy atom. The number of aryl methyl sites for hydroxylation is 2. The monoisotopic (exact) mass is 232 g/mol. The van der Waals surface area contributed by atoms with E-state index in [0.717, 1.165) is 23.0 Å². The average Bonchev–Trinajstić information content (AvgIpc) is 2.66. The van der Waals surface area contributed by atoms with E-state index in [2.05, 4.69) is 4.98 Å². The molecule has 1 aromatic heterocycles. The number of imidazole rings is 1. The van der Waals surface area contributed by atoms with Gasteiger partial charge in [0.15, 0.2) is 0 Å². The SMILES string of the molecule is COc1ccc(OCc2nc(C)cn2C)cc1. The maximum Gasteiger partial charge on any atom is 0.146 e. The minimum absolute atomic E-state index is 0.469. The second-order valence-electron chi connectivity index (χ2n) is 3.87. The Morgan fingerprint density at radius 1 is 1.18 bits per heavy atom. The number of hydrogen-bond acceptors (Lipinski definition) is 3. The molecule has 2 aromatic rings. The molecule has 0 N–H and O–H groups in total. The van der Waals surface area contributed by atoms with Crippen LogP contribution in [0.4, 0.5) is 0 Å². The summed E-state index contributed by atoms with van der Waals surface area (Å²) in [6.45, 7) is 2.44. The largest absolute Gasteiger partial charge is 0.497 e. The number of rotatable bonds is 4. The van der Waals surface area contributed by atoms with E-state index in [4.69, 9.17) is 9.47 Å². The lowest BCUT2D eigenvalue weighted by Gasteiger charge is -2.06. The second kappa shape index (κ2) is 4.91. The maximum absolute atomic E-state index is 5.65. The number of benzene rings is 1. The van der Waals surface area contributed by atoms with Gasteiger partial charge in [-0.05, 0) is 31.2 Å². The van der Waals surface area contributed by atoms with Gasteiger partial charge in [0.1, 0.15) is 23.9 Å². The summed E-state index contributed by atoms with van der Waals surface area (Å²) in [6.07, 6.45) is 1.98. The lowest BCUT2D eigenvalue weighted by Crippen LogP contribution is -2.02. The zero-order valence-electron chi connectivity index (χ0n) is 10.3. The van der Waals surface area contributed by atoms with Crippen LogP contribution >= 0.6 is 0 Å². The molecule has 0 atom stereocenters. The second-order valence-corrected chi connectivity index (χ2v) is 3.87. The van der Waals surface area contributed by atoms with Crippen molar-refractivity contribution in [3.63, 3.8) is 0 Å². The Morgan fingerprint density at radius 3 is 2.35 bits per heavy atom. The third kappa shape index (κ3) is 2.78. The minimum atomic E-state index is 0.469. The van der Waals surface area contributed by atoms with E-state index >= 15 is 0 Å². The van der Waals surface area contributed by atoms with Crippen LogP contribution in [0.2, 0.25) is 0 Å². The topological polar surface area (TPSA) is 36.3 Å². The number of ether oxygens (including phenoxy) is 2. The molecule has 0 fully saturated rings. The average molecular weight is 232 g/mol. The molecule has 0 saturated heterocycles. The highest BCUT2D eigenvalue weighted by Crippen LogP contribution is 2.17. The molecule has 2 rings (SSSR count). The van der Waals surface area contributed by atoms with Gasteiger partial charge in [0.2, 0.25) is 0 Å². The van der Waals surface area contributed by atoms with E-state index in [1.54, 1.807) is 7.11 Å². The Labute approximate surface area is 101 Å². The highest BCUT2D eigenvalue weighted by atomic mass is 16.5. The zero-order chi connectivity index (χ0) is 12.3. The molecule has 4 nitrogen and oxygen atoms in total. The molecule has 0 aliphatic heterocycles. The predicted molar refractivity (Wildman–Crippen MR) is 65.3 cm³/mol. The first kappa shape index (κ1) is 11.5. The highest BCUT2D eigenvalue weighted by Gasteiger charge is 2.03. The van der Waals surface area contributed by atoms with Gasteiger partial charge in [0, 0.05) is 13.2 Å². The molecule has 0 spiro atoms. The van der Waals surface area contributed by atoms with Gasteiger partial charge >= 0.3 is 0 Å². The summed E-state index contributed by atoms with van der Waals surface area (Å²) >= 11 is 0. The van der Waals surface area contributed by atoms with E-state index in [1.807, 2.05) is 49.0 Å². The van der Waals surface area contributed by atoms with Gasteiger partial charge in [-0.1, -0.05) is 0 Å². The molecule has 0 amide bonds. The van der Waals surface area contributed by atoms with Crippen molar-refractivity contribution in [2.75, 3.05) is 7.11 Å². The van der Waals surface area contributed by atoms with Crippen molar-refractivity contribution < 1.29 is 9.47 Å². The molecule has 90 valence electrons. The Kier molecular flexibility index (Phi) is 3.32. The summed E-state index contributed by atoms with van der Waals surface area (Å²) in [5, 5.41) is 0. The number of methoxy groups -OCH3 is 1. The lowest BCUT2D eigenvalue weighted by atomic mass is 10.3. The molecule has 0 radical (unpaired) electrons. The molecular weight excluding hydrogens is 216 g/mol. The Balaban J connectivity index is 1.99. The van der Waals surface area contributed by atoms with Gasteiger partial charge in [-0.2, -0.15) is 0 Å².